The summed E-state index contributed by atoms with van der Waals surface area (Å²) in [5.74, 6) is -2.05. The van der Waals surface area contributed by atoms with Gasteiger partial charge in [0.2, 0.25) is 0 Å². The van der Waals surface area contributed by atoms with Crippen molar-refractivity contribution in [2.45, 2.75) is 22.6 Å². The average Bonchev–Trinajstić information content (AvgIpc) is 2.91. The number of carbonyl (C=O) groups is 3. The Morgan fingerprint density at radius 1 is 0.951 bits per heavy atom. The normalized spacial score (nSPS) is 12.7. The van der Waals surface area contributed by atoms with Gasteiger partial charge in [-0.25, -0.2) is 8.42 Å². The van der Waals surface area contributed by atoms with Crippen molar-refractivity contribution in [3.05, 3.63) is 81.6 Å². The lowest BCUT2D eigenvalue weighted by atomic mass is 9.81. The van der Waals surface area contributed by atoms with Crippen LogP contribution in [0.25, 0.3) is 22.0 Å². The largest absolute Gasteiger partial charge is 0.481 e. The minimum Gasteiger partial charge on any atom is -0.481 e. The lowest BCUT2D eigenvalue weighted by molar-refractivity contribution is -0.137. The molecule has 0 radical (unpaired) electrons. The molecule has 0 bridgehead atoms. The SMILES string of the molecule is O=Cc1c2c3c(c(Nc4ccc(S(=O)(=O)CCCC(=O)O)cc4)cc(S(=O)(=O)O)c3[nH]c1=O)C(=O)c1ccccc1-2. The van der Waals surface area contributed by atoms with E-state index in [4.69, 9.17) is 5.11 Å². The number of ketones is 1. The van der Waals surface area contributed by atoms with Crippen LogP contribution in [0.1, 0.15) is 39.1 Å². The van der Waals surface area contributed by atoms with Crippen molar-refractivity contribution >= 4 is 60.3 Å². The Labute approximate surface area is 232 Å². The standard InChI is InChI=1S/C27H20N2O10S2/c30-13-18-22-16-4-1-2-5-17(16)26(33)23-19(12-20(41(37,38)39)25(24(22)23)29-27(18)34)28-14-7-9-15(10-8-14)40(35,36)11-3-6-21(31)32/h1-2,4-5,7-10,12-13,28H,3,6,11H2,(H,29,34)(H,31,32)(H,37,38,39). The first-order valence-corrected chi connectivity index (χ1v) is 15.1. The van der Waals surface area contributed by atoms with Gasteiger partial charge in [0.05, 0.1) is 33.0 Å². The number of pyridine rings is 1. The molecule has 1 aliphatic rings. The highest BCUT2D eigenvalue weighted by atomic mass is 32.2. The third-order valence-electron chi connectivity index (χ3n) is 6.65. The van der Waals surface area contributed by atoms with Crippen LogP contribution in [-0.2, 0) is 24.7 Å². The smallest absolute Gasteiger partial charge is 0.303 e. The Hall–Kier alpha value is -4.66. The van der Waals surface area contributed by atoms with Crippen molar-refractivity contribution in [3.63, 3.8) is 0 Å². The number of sulfone groups is 1. The number of hydrogen-bond donors (Lipinski definition) is 4. The molecular weight excluding hydrogens is 576 g/mol. The maximum Gasteiger partial charge on any atom is 0.303 e. The van der Waals surface area contributed by atoms with Crippen LogP contribution in [0.2, 0.25) is 0 Å². The number of aliphatic carboxylic acids is 1. The zero-order chi connectivity index (χ0) is 29.7. The molecule has 210 valence electrons. The zero-order valence-electron chi connectivity index (χ0n) is 20.9. The van der Waals surface area contributed by atoms with Crippen molar-refractivity contribution in [2.24, 2.45) is 0 Å². The lowest BCUT2D eigenvalue weighted by Crippen LogP contribution is -2.22. The summed E-state index contributed by atoms with van der Waals surface area (Å²) in [5, 5.41) is 11.6. The summed E-state index contributed by atoms with van der Waals surface area (Å²) in [6.45, 7) is 0. The van der Waals surface area contributed by atoms with Gasteiger partial charge in [0.1, 0.15) is 4.90 Å². The molecule has 14 heteroatoms. The van der Waals surface area contributed by atoms with E-state index in [1.165, 1.54) is 36.4 Å². The van der Waals surface area contributed by atoms with Gasteiger partial charge in [0, 0.05) is 28.6 Å². The monoisotopic (exact) mass is 596 g/mol. The van der Waals surface area contributed by atoms with E-state index in [9.17, 15) is 40.6 Å². The summed E-state index contributed by atoms with van der Waals surface area (Å²) in [5.41, 5.74) is -1.13. The van der Waals surface area contributed by atoms with E-state index < -0.39 is 42.2 Å². The first-order chi connectivity index (χ1) is 19.3. The highest BCUT2D eigenvalue weighted by molar-refractivity contribution is 7.91. The minimum absolute atomic E-state index is 0.0281. The Morgan fingerprint density at radius 2 is 1.61 bits per heavy atom. The molecule has 5 rings (SSSR count). The predicted molar refractivity (Wildman–Crippen MR) is 147 cm³/mol. The third-order valence-corrected chi connectivity index (χ3v) is 9.35. The predicted octanol–water partition coefficient (Wildman–Crippen LogP) is 3.18. The second kappa shape index (κ2) is 10.1. The van der Waals surface area contributed by atoms with Gasteiger partial charge in [-0.15, -0.1) is 0 Å². The van der Waals surface area contributed by atoms with E-state index in [1.54, 1.807) is 12.1 Å². The van der Waals surface area contributed by atoms with Gasteiger partial charge >= 0.3 is 5.97 Å². The van der Waals surface area contributed by atoms with Crippen molar-refractivity contribution in [2.75, 3.05) is 11.1 Å². The maximum atomic E-state index is 13.7. The summed E-state index contributed by atoms with van der Waals surface area (Å²) in [6.07, 6.45) is -0.0872. The fourth-order valence-corrected chi connectivity index (χ4v) is 6.85. The number of anilines is 2. The number of aromatic nitrogens is 1. The van der Waals surface area contributed by atoms with Crippen molar-refractivity contribution < 1.29 is 40.9 Å². The first-order valence-electron chi connectivity index (χ1n) is 12.0. The molecule has 0 amide bonds. The molecule has 0 aliphatic heterocycles. The number of aldehydes is 1. The van der Waals surface area contributed by atoms with E-state index in [0.717, 1.165) is 6.07 Å². The first kappa shape index (κ1) is 27.9. The number of benzene rings is 3. The van der Waals surface area contributed by atoms with E-state index >= 15 is 0 Å². The molecule has 41 heavy (non-hydrogen) atoms. The molecule has 0 atom stereocenters. The number of fused-ring (bicyclic) bond motifs is 2. The summed E-state index contributed by atoms with van der Waals surface area (Å²) in [7, 11) is -8.75. The number of H-pyrrole nitrogens is 1. The summed E-state index contributed by atoms with van der Waals surface area (Å²) < 4.78 is 60.0. The lowest BCUT2D eigenvalue weighted by Gasteiger charge is -2.24. The Balaban J connectivity index is 1.70. The quantitative estimate of drug-likeness (QED) is 0.144. The number of rotatable bonds is 9. The highest BCUT2D eigenvalue weighted by Gasteiger charge is 2.34. The van der Waals surface area contributed by atoms with Gasteiger partial charge in [0.25, 0.3) is 15.7 Å². The van der Waals surface area contributed by atoms with E-state index in [1.807, 2.05) is 0 Å². The highest BCUT2D eigenvalue weighted by Crippen LogP contribution is 2.44. The van der Waals surface area contributed by atoms with Gasteiger partial charge in [-0.3, -0.25) is 23.7 Å². The van der Waals surface area contributed by atoms with Gasteiger partial charge in [-0.1, -0.05) is 24.3 Å². The summed E-state index contributed by atoms with van der Waals surface area (Å²) in [6, 6.07) is 12.4. The number of aromatic amines is 1. The van der Waals surface area contributed by atoms with E-state index in [0.29, 0.717) is 6.29 Å². The number of hydrogen-bond acceptors (Lipinski definition) is 9. The third kappa shape index (κ3) is 4.92. The molecule has 0 fully saturated rings. The van der Waals surface area contributed by atoms with Crippen LogP contribution < -0.4 is 10.9 Å². The molecule has 4 aromatic rings. The molecule has 0 saturated carbocycles. The topological polar surface area (TPSA) is 205 Å². The molecule has 12 nitrogen and oxygen atoms in total. The van der Waals surface area contributed by atoms with Crippen LogP contribution in [0.5, 0.6) is 0 Å². The Bertz CT molecular complexity index is 2060. The Morgan fingerprint density at radius 3 is 2.22 bits per heavy atom. The van der Waals surface area contributed by atoms with E-state index in [-0.39, 0.29) is 73.6 Å². The molecule has 0 unspecified atom stereocenters. The average molecular weight is 597 g/mol. The van der Waals surface area contributed by atoms with Gasteiger partial charge in [-0.2, -0.15) is 8.42 Å². The van der Waals surface area contributed by atoms with Gasteiger partial charge in [0.15, 0.2) is 21.9 Å². The number of nitrogens with one attached hydrogen (secondary N) is 2. The summed E-state index contributed by atoms with van der Waals surface area (Å²) in [4.78, 5) is 50.7. The molecule has 3 aromatic carbocycles. The van der Waals surface area contributed by atoms with Crippen LogP contribution in [-0.4, -0.2) is 55.3 Å². The molecule has 0 spiro atoms. The van der Waals surface area contributed by atoms with Crippen molar-refractivity contribution in [3.8, 4) is 11.1 Å². The van der Waals surface area contributed by atoms with Crippen LogP contribution in [0, 0.1) is 0 Å². The van der Waals surface area contributed by atoms with Crippen LogP contribution in [0.4, 0.5) is 11.4 Å². The second-order valence-corrected chi connectivity index (χ2v) is 12.7. The molecule has 1 aliphatic carbocycles. The zero-order valence-corrected chi connectivity index (χ0v) is 22.5. The molecular formula is C27H20N2O10S2. The molecule has 1 aromatic heterocycles. The fourth-order valence-electron chi connectivity index (χ4n) is 4.86. The van der Waals surface area contributed by atoms with Crippen LogP contribution in [0.3, 0.4) is 0 Å². The van der Waals surface area contributed by atoms with Crippen molar-refractivity contribution in [1.29, 1.82) is 0 Å². The molecule has 0 saturated heterocycles. The van der Waals surface area contributed by atoms with Crippen LogP contribution >= 0.6 is 0 Å². The number of carbonyl (C=O) groups excluding carboxylic acids is 2. The fraction of sp³-hybridized carbons (Fsp3) is 0.111. The van der Waals surface area contributed by atoms with Crippen molar-refractivity contribution in [1.82, 2.24) is 4.98 Å². The maximum absolute atomic E-state index is 13.7. The second-order valence-electron chi connectivity index (χ2n) is 9.22. The minimum atomic E-state index is -4.97. The van der Waals surface area contributed by atoms with Gasteiger partial charge < -0.3 is 15.4 Å². The molecule has 4 N–H and O–H groups in total. The number of carboxylic acid groups (broad SMARTS) is 1. The van der Waals surface area contributed by atoms with E-state index in [2.05, 4.69) is 10.3 Å². The van der Waals surface area contributed by atoms with Gasteiger partial charge in [-0.05, 0) is 42.3 Å². The van der Waals surface area contributed by atoms with Crippen LogP contribution in [0.15, 0.2) is 69.2 Å². The molecule has 1 heterocycles. The number of carboxylic acids is 1. The summed E-state index contributed by atoms with van der Waals surface area (Å²) >= 11 is 0. The Kier molecular flexibility index (Phi) is 6.85.